The molecule has 1 aromatic rings. The molecule has 1 saturated carbocycles. The van der Waals surface area contributed by atoms with Crippen molar-refractivity contribution < 1.29 is 0 Å². The van der Waals surface area contributed by atoms with Crippen LogP contribution in [0.1, 0.15) is 25.5 Å². The normalized spacial score (nSPS) is 26.8. The second-order valence-corrected chi connectivity index (χ2v) is 3.98. The number of nitrogens with one attached hydrogen (secondary N) is 1. The molecule has 0 unspecified atom stereocenters. The molecule has 1 aliphatic rings. The predicted octanol–water partition coefficient (Wildman–Crippen LogP) is 1.97. The Morgan fingerprint density at radius 3 is 2.92 bits per heavy atom. The number of aromatic nitrogens is 1. The molecule has 0 bridgehead atoms. The van der Waals surface area contributed by atoms with E-state index in [1.54, 1.807) is 0 Å². The van der Waals surface area contributed by atoms with Crippen molar-refractivity contribution in [2.24, 2.45) is 5.92 Å². The molecule has 1 N–H and O–H groups in total. The third kappa shape index (κ3) is 2.28. The van der Waals surface area contributed by atoms with E-state index in [4.69, 9.17) is 0 Å². The van der Waals surface area contributed by atoms with Gasteiger partial charge in [-0.2, -0.15) is 0 Å². The van der Waals surface area contributed by atoms with E-state index in [1.807, 2.05) is 18.3 Å². The lowest BCUT2D eigenvalue weighted by Gasteiger charge is -2.33. The summed E-state index contributed by atoms with van der Waals surface area (Å²) < 4.78 is 0. The fraction of sp³-hybridized carbons (Fsp3) is 0.545. The summed E-state index contributed by atoms with van der Waals surface area (Å²) in [6.45, 7) is 3.22. The van der Waals surface area contributed by atoms with E-state index in [0.717, 1.165) is 24.2 Å². The first-order valence-corrected chi connectivity index (χ1v) is 4.98. The molecule has 0 radical (unpaired) electrons. The van der Waals surface area contributed by atoms with Gasteiger partial charge < -0.3 is 5.32 Å². The Hall–Kier alpha value is -0.890. The van der Waals surface area contributed by atoms with Gasteiger partial charge in [-0.25, -0.2) is 0 Å². The Morgan fingerprint density at radius 1 is 1.46 bits per heavy atom. The average Bonchev–Trinajstić information content (AvgIpc) is 2.12. The van der Waals surface area contributed by atoms with Crippen LogP contribution >= 0.6 is 0 Å². The predicted molar refractivity (Wildman–Crippen MR) is 53.3 cm³/mol. The smallest absolute Gasteiger partial charge is 0.0541 e. The van der Waals surface area contributed by atoms with Gasteiger partial charge in [-0.1, -0.05) is 13.0 Å². The van der Waals surface area contributed by atoms with E-state index in [9.17, 15) is 0 Å². The number of hydrogen-bond donors (Lipinski definition) is 1. The fourth-order valence-electron chi connectivity index (χ4n) is 1.82. The summed E-state index contributed by atoms with van der Waals surface area (Å²) in [5.74, 6) is 0.918. The quantitative estimate of drug-likeness (QED) is 0.761. The average molecular weight is 176 g/mol. The maximum absolute atomic E-state index is 4.27. The second-order valence-electron chi connectivity index (χ2n) is 3.98. The molecule has 1 heterocycles. The molecule has 0 spiro atoms. The van der Waals surface area contributed by atoms with Gasteiger partial charge in [0.2, 0.25) is 0 Å². The van der Waals surface area contributed by atoms with Crippen LogP contribution in [0.15, 0.2) is 24.4 Å². The van der Waals surface area contributed by atoms with Crippen LogP contribution in [0, 0.1) is 5.92 Å². The Morgan fingerprint density at radius 2 is 2.31 bits per heavy atom. The summed E-state index contributed by atoms with van der Waals surface area (Å²) >= 11 is 0. The highest BCUT2D eigenvalue weighted by Gasteiger charge is 2.24. The molecule has 2 rings (SSSR count). The van der Waals surface area contributed by atoms with Gasteiger partial charge in [-0.15, -0.1) is 0 Å². The van der Waals surface area contributed by atoms with Gasteiger partial charge in [-0.05, 0) is 30.9 Å². The summed E-state index contributed by atoms with van der Waals surface area (Å²) in [4.78, 5) is 4.27. The van der Waals surface area contributed by atoms with Crippen molar-refractivity contribution in [1.82, 2.24) is 10.3 Å². The first-order valence-electron chi connectivity index (χ1n) is 4.98. The summed E-state index contributed by atoms with van der Waals surface area (Å²) in [6.07, 6.45) is 4.50. The van der Waals surface area contributed by atoms with Gasteiger partial charge in [-0.3, -0.25) is 4.98 Å². The monoisotopic (exact) mass is 176 g/mol. The lowest BCUT2D eigenvalue weighted by molar-refractivity contribution is 0.239. The molecule has 0 aliphatic heterocycles. The zero-order valence-corrected chi connectivity index (χ0v) is 8.03. The topological polar surface area (TPSA) is 24.9 Å². The number of nitrogens with zero attached hydrogens (tertiary/aromatic N) is 1. The van der Waals surface area contributed by atoms with Gasteiger partial charge in [0, 0.05) is 18.8 Å². The van der Waals surface area contributed by atoms with Crippen LogP contribution in [0.2, 0.25) is 0 Å². The van der Waals surface area contributed by atoms with Gasteiger partial charge in [0.1, 0.15) is 0 Å². The summed E-state index contributed by atoms with van der Waals surface area (Å²) in [6, 6.07) is 6.79. The van der Waals surface area contributed by atoms with E-state index in [0.29, 0.717) is 0 Å². The van der Waals surface area contributed by atoms with Crippen LogP contribution in [-0.4, -0.2) is 11.0 Å². The third-order valence-electron chi connectivity index (χ3n) is 2.67. The number of rotatable bonds is 3. The van der Waals surface area contributed by atoms with Crippen LogP contribution < -0.4 is 5.32 Å². The van der Waals surface area contributed by atoms with Crippen molar-refractivity contribution in [3.05, 3.63) is 30.1 Å². The molecule has 2 nitrogen and oxygen atoms in total. The molecule has 13 heavy (non-hydrogen) atoms. The molecule has 1 fully saturated rings. The largest absolute Gasteiger partial charge is 0.308 e. The molecule has 70 valence electrons. The maximum Gasteiger partial charge on any atom is 0.0541 e. The number of hydrogen-bond acceptors (Lipinski definition) is 2. The Bertz CT molecular complexity index is 252. The zero-order chi connectivity index (χ0) is 9.10. The molecule has 1 aromatic heterocycles. The highest BCUT2D eigenvalue weighted by Crippen LogP contribution is 2.26. The Balaban J connectivity index is 1.74. The minimum atomic E-state index is 0.733. The summed E-state index contributed by atoms with van der Waals surface area (Å²) in [5, 5.41) is 3.50. The molecular formula is C11H16N2. The van der Waals surface area contributed by atoms with Crippen molar-refractivity contribution in [3.63, 3.8) is 0 Å². The molecule has 0 aromatic carbocycles. The molecule has 0 saturated heterocycles. The maximum atomic E-state index is 4.27. The molecule has 0 atom stereocenters. The highest BCUT2D eigenvalue weighted by molar-refractivity contribution is 5.03. The first kappa shape index (κ1) is 8.70. The van der Waals surface area contributed by atoms with Crippen LogP contribution in [0.5, 0.6) is 0 Å². The van der Waals surface area contributed by atoms with E-state index in [-0.39, 0.29) is 0 Å². The fourth-order valence-corrected chi connectivity index (χ4v) is 1.82. The molecular weight excluding hydrogens is 160 g/mol. The Kier molecular flexibility index (Phi) is 2.60. The van der Waals surface area contributed by atoms with Crippen molar-refractivity contribution in [2.75, 3.05) is 0 Å². The first-order chi connectivity index (χ1) is 6.34. The van der Waals surface area contributed by atoms with Crippen molar-refractivity contribution >= 4 is 0 Å². The number of pyridine rings is 1. The standard InChI is InChI=1S/C11H16N2/c1-9-6-11(7-9)13-8-10-4-2-3-5-12-10/h2-5,9,11,13H,6-8H2,1H3. The van der Waals surface area contributed by atoms with E-state index >= 15 is 0 Å². The van der Waals surface area contributed by atoms with Gasteiger partial charge >= 0.3 is 0 Å². The second kappa shape index (κ2) is 3.88. The summed E-state index contributed by atoms with van der Waals surface area (Å²) in [5.41, 5.74) is 1.14. The minimum absolute atomic E-state index is 0.733. The van der Waals surface area contributed by atoms with E-state index in [1.165, 1.54) is 12.8 Å². The SMILES string of the molecule is CC1CC(NCc2ccccn2)C1. The van der Waals surface area contributed by atoms with E-state index in [2.05, 4.69) is 23.3 Å². The summed E-state index contributed by atoms with van der Waals surface area (Å²) in [7, 11) is 0. The van der Waals surface area contributed by atoms with Crippen LogP contribution in [0.4, 0.5) is 0 Å². The van der Waals surface area contributed by atoms with Crippen molar-refractivity contribution in [3.8, 4) is 0 Å². The minimum Gasteiger partial charge on any atom is -0.308 e. The van der Waals surface area contributed by atoms with Gasteiger partial charge in [0.25, 0.3) is 0 Å². The molecule has 1 aliphatic carbocycles. The van der Waals surface area contributed by atoms with E-state index < -0.39 is 0 Å². The third-order valence-corrected chi connectivity index (χ3v) is 2.67. The van der Waals surface area contributed by atoms with Crippen molar-refractivity contribution in [1.29, 1.82) is 0 Å². The molecule has 2 heteroatoms. The van der Waals surface area contributed by atoms with Crippen molar-refractivity contribution in [2.45, 2.75) is 32.4 Å². The highest BCUT2D eigenvalue weighted by atomic mass is 14.9. The lowest BCUT2D eigenvalue weighted by atomic mass is 9.82. The Labute approximate surface area is 79.4 Å². The van der Waals surface area contributed by atoms with Crippen LogP contribution in [0.3, 0.4) is 0 Å². The van der Waals surface area contributed by atoms with Crippen LogP contribution in [0.25, 0.3) is 0 Å². The lowest BCUT2D eigenvalue weighted by Crippen LogP contribution is -2.39. The van der Waals surface area contributed by atoms with Gasteiger partial charge in [0.15, 0.2) is 0 Å². The zero-order valence-electron chi connectivity index (χ0n) is 8.03. The molecule has 0 amide bonds. The van der Waals surface area contributed by atoms with Crippen LogP contribution in [-0.2, 0) is 6.54 Å². The van der Waals surface area contributed by atoms with Gasteiger partial charge in [0.05, 0.1) is 5.69 Å².